The third-order valence-corrected chi connectivity index (χ3v) is 7.10. The van der Waals surface area contributed by atoms with Gasteiger partial charge in [-0.3, -0.25) is 0 Å². The third-order valence-electron chi connectivity index (χ3n) is 6.02. The summed E-state index contributed by atoms with van der Waals surface area (Å²) in [4.78, 5) is 0. The van der Waals surface area contributed by atoms with Crippen LogP contribution in [-0.4, -0.2) is 30.2 Å². The van der Waals surface area contributed by atoms with Gasteiger partial charge in [-0.2, -0.15) is 0 Å². The molecular weight excluding hydrogens is 392 g/mol. The van der Waals surface area contributed by atoms with Crippen molar-refractivity contribution in [1.82, 2.24) is 19.3 Å². The van der Waals surface area contributed by atoms with Crippen LogP contribution in [0.1, 0.15) is 35.9 Å². The van der Waals surface area contributed by atoms with E-state index >= 15 is 0 Å². The van der Waals surface area contributed by atoms with Crippen LogP contribution < -0.4 is 0 Å². The van der Waals surface area contributed by atoms with Gasteiger partial charge in [-0.15, -0.1) is 10.2 Å². The minimum absolute atomic E-state index is 0.533. The van der Waals surface area contributed by atoms with E-state index in [0.29, 0.717) is 5.75 Å². The van der Waals surface area contributed by atoms with E-state index in [-0.39, 0.29) is 0 Å². The van der Waals surface area contributed by atoms with Gasteiger partial charge < -0.3 is 14.2 Å². The van der Waals surface area contributed by atoms with E-state index in [1.54, 1.807) is 11.8 Å². The lowest BCUT2D eigenvalue weighted by Gasteiger charge is -2.20. The number of rotatable bonds is 5. The molecule has 0 fully saturated rings. The molecule has 0 aliphatic heterocycles. The minimum Gasteiger partial charge on any atom is -0.372 e. The molecule has 1 N–H and O–H groups in total. The molecule has 0 radical (unpaired) electrons. The van der Waals surface area contributed by atoms with Gasteiger partial charge >= 0.3 is 0 Å². The maximum absolute atomic E-state index is 11.2. The second-order valence-electron chi connectivity index (χ2n) is 8.04. The first-order chi connectivity index (χ1) is 14.6. The standard InChI is InChI=1S/C24H26N4OS/c1-16-11-13-17(14-12-16)23-25-26-24(27(23)2)30-15-22(29)28-20-9-5-3-7-18(20)19-8-4-6-10-21(19)28/h3,5,7,9,11-14,22,29H,4,6,8,10,15H2,1-2H3/t22-/m1/s1. The zero-order chi connectivity index (χ0) is 20.7. The maximum Gasteiger partial charge on any atom is 0.191 e. The summed E-state index contributed by atoms with van der Waals surface area (Å²) in [6.07, 6.45) is 3.96. The van der Waals surface area contributed by atoms with Gasteiger partial charge in [-0.05, 0) is 44.2 Å². The number of aryl methyl sites for hydroxylation is 2. The molecule has 0 amide bonds. The third kappa shape index (κ3) is 3.34. The zero-order valence-corrected chi connectivity index (χ0v) is 18.2. The monoisotopic (exact) mass is 418 g/mol. The molecule has 5 nitrogen and oxygen atoms in total. The van der Waals surface area contributed by atoms with Crippen molar-refractivity contribution in [2.45, 2.75) is 44.0 Å². The second kappa shape index (κ2) is 7.93. The van der Waals surface area contributed by atoms with Crippen molar-refractivity contribution in [2.24, 2.45) is 7.05 Å². The SMILES string of the molecule is Cc1ccc(-c2nnc(SC[C@@H](O)n3c4c(c5ccccc53)CCCC4)n2C)cc1. The molecule has 1 aliphatic rings. The molecule has 2 aromatic carbocycles. The molecule has 0 unspecified atom stereocenters. The van der Waals surface area contributed by atoms with Gasteiger partial charge in [0.15, 0.2) is 11.0 Å². The Morgan fingerprint density at radius 1 is 1.03 bits per heavy atom. The maximum atomic E-state index is 11.2. The van der Waals surface area contributed by atoms with Crippen molar-refractivity contribution >= 4 is 22.7 Å². The van der Waals surface area contributed by atoms with Crippen molar-refractivity contribution in [3.63, 3.8) is 0 Å². The summed E-state index contributed by atoms with van der Waals surface area (Å²) in [7, 11) is 1.98. The van der Waals surface area contributed by atoms with Gasteiger partial charge in [-0.1, -0.05) is 59.8 Å². The van der Waals surface area contributed by atoms with E-state index in [4.69, 9.17) is 0 Å². The fourth-order valence-corrected chi connectivity index (χ4v) is 5.31. The summed E-state index contributed by atoms with van der Waals surface area (Å²) < 4.78 is 4.15. The van der Waals surface area contributed by atoms with Crippen LogP contribution in [0.5, 0.6) is 0 Å². The molecule has 5 rings (SSSR count). The number of aliphatic hydroxyl groups excluding tert-OH is 1. The number of thioether (sulfide) groups is 1. The lowest BCUT2D eigenvalue weighted by Crippen LogP contribution is -2.16. The van der Waals surface area contributed by atoms with Crippen LogP contribution in [0.15, 0.2) is 53.7 Å². The Morgan fingerprint density at radius 2 is 1.80 bits per heavy atom. The molecule has 0 saturated heterocycles. The predicted molar refractivity (Wildman–Crippen MR) is 122 cm³/mol. The van der Waals surface area contributed by atoms with Gasteiger partial charge in [0.2, 0.25) is 0 Å². The lowest BCUT2D eigenvalue weighted by atomic mass is 9.95. The highest BCUT2D eigenvalue weighted by Gasteiger charge is 2.24. The Bertz CT molecular complexity index is 1190. The minimum atomic E-state index is -0.596. The molecule has 0 saturated carbocycles. The van der Waals surface area contributed by atoms with Crippen LogP contribution in [0.3, 0.4) is 0 Å². The Labute approximate surface area is 180 Å². The molecule has 0 bridgehead atoms. The molecule has 2 heterocycles. The van der Waals surface area contributed by atoms with Crippen molar-refractivity contribution in [1.29, 1.82) is 0 Å². The second-order valence-corrected chi connectivity index (χ2v) is 9.03. The lowest BCUT2D eigenvalue weighted by molar-refractivity contribution is 0.130. The number of para-hydroxylation sites is 1. The molecule has 30 heavy (non-hydrogen) atoms. The fourth-order valence-electron chi connectivity index (χ4n) is 4.49. The quantitative estimate of drug-likeness (QED) is 0.468. The number of nitrogens with zero attached hydrogens (tertiary/aromatic N) is 4. The van der Waals surface area contributed by atoms with Crippen molar-refractivity contribution in [3.8, 4) is 11.4 Å². The Morgan fingerprint density at radius 3 is 2.63 bits per heavy atom. The summed E-state index contributed by atoms with van der Waals surface area (Å²) >= 11 is 1.55. The van der Waals surface area contributed by atoms with E-state index in [9.17, 15) is 5.11 Å². The van der Waals surface area contributed by atoms with Gasteiger partial charge in [0.25, 0.3) is 0 Å². The molecule has 0 spiro atoms. The highest BCUT2D eigenvalue weighted by Crippen LogP contribution is 2.35. The van der Waals surface area contributed by atoms with Crippen LogP contribution in [-0.2, 0) is 19.9 Å². The summed E-state index contributed by atoms with van der Waals surface area (Å²) in [5.41, 5.74) is 6.13. The van der Waals surface area contributed by atoms with E-state index < -0.39 is 6.23 Å². The van der Waals surface area contributed by atoms with Gasteiger partial charge in [-0.25, -0.2) is 0 Å². The van der Waals surface area contributed by atoms with Crippen LogP contribution in [0.2, 0.25) is 0 Å². The number of aromatic nitrogens is 4. The predicted octanol–water partition coefficient (Wildman–Crippen LogP) is 4.91. The average Bonchev–Trinajstić information content (AvgIpc) is 3.30. The van der Waals surface area contributed by atoms with E-state index in [2.05, 4.69) is 70.2 Å². The largest absolute Gasteiger partial charge is 0.372 e. The van der Waals surface area contributed by atoms with Crippen molar-refractivity contribution in [3.05, 3.63) is 65.4 Å². The highest BCUT2D eigenvalue weighted by molar-refractivity contribution is 7.99. The molecule has 1 atom stereocenters. The van der Waals surface area contributed by atoms with E-state index in [0.717, 1.165) is 34.9 Å². The first-order valence-electron chi connectivity index (χ1n) is 10.5. The smallest absolute Gasteiger partial charge is 0.191 e. The Balaban J connectivity index is 1.40. The normalized spacial score (nSPS) is 14.8. The van der Waals surface area contributed by atoms with Crippen LogP contribution >= 0.6 is 11.8 Å². The number of benzene rings is 2. The first kappa shape index (κ1) is 19.4. The van der Waals surface area contributed by atoms with E-state index in [1.165, 1.54) is 35.0 Å². The topological polar surface area (TPSA) is 55.9 Å². The van der Waals surface area contributed by atoms with Gasteiger partial charge in [0, 0.05) is 29.4 Å². The van der Waals surface area contributed by atoms with Crippen molar-refractivity contribution < 1.29 is 5.11 Å². The van der Waals surface area contributed by atoms with Crippen LogP contribution in [0.4, 0.5) is 0 Å². The molecule has 4 aromatic rings. The number of hydrogen-bond acceptors (Lipinski definition) is 4. The van der Waals surface area contributed by atoms with Crippen LogP contribution in [0.25, 0.3) is 22.3 Å². The fraction of sp³-hybridized carbons (Fsp3) is 0.333. The molecule has 154 valence electrons. The summed E-state index contributed by atoms with van der Waals surface area (Å²) in [6.45, 7) is 2.08. The Hall–Kier alpha value is -2.57. The summed E-state index contributed by atoms with van der Waals surface area (Å²) in [5.74, 6) is 1.38. The number of aliphatic hydroxyl groups is 1. The molecule has 6 heteroatoms. The highest BCUT2D eigenvalue weighted by atomic mass is 32.2. The number of hydrogen-bond donors (Lipinski definition) is 1. The molecular formula is C24H26N4OS. The summed E-state index contributed by atoms with van der Waals surface area (Å²) in [6, 6.07) is 16.8. The first-order valence-corrected chi connectivity index (χ1v) is 11.5. The Kier molecular flexibility index (Phi) is 5.13. The zero-order valence-electron chi connectivity index (χ0n) is 17.4. The molecule has 1 aliphatic carbocycles. The number of fused-ring (bicyclic) bond motifs is 3. The van der Waals surface area contributed by atoms with Crippen LogP contribution in [0, 0.1) is 6.92 Å². The van der Waals surface area contributed by atoms with Gasteiger partial charge in [0.05, 0.1) is 5.52 Å². The van der Waals surface area contributed by atoms with E-state index in [1.807, 2.05) is 11.6 Å². The summed E-state index contributed by atoms with van der Waals surface area (Å²) in [5, 5.41) is 22.0. The van der Waals surface area contributed by atoms with Gasteiger partial charge in [0.1, 0.15) is 6.23 Å². The average molecular weight is 419 g/mol. The van der Waals surface area contributed by atoms with Crippen molar-refractivity contribution in [2.75, 3.05) is 5.75 Å². The molecule has 2 aromatic heterocycles.